The molecule has 0 aliphatic carbocycles. The summed E-state index contributed by atoms with van der Waals surface area (Å²) < 4.78 is 0. The number of piperazine rings is 1. The monoisotopic (exact) mass is 236 g/mol. The lowest BCUT2D eigenvalue weighted by Crippen LogP contribution is -2.49. The third-order valence-corrected chi connectivity index (χ3v) is 2.78. The topological polar surface area (TPSA) is 79.1 Å². The minimum absolute atomic E-state index is 0.324. The van der Waals surface area contributed by atoms with Crippen molar-refractivity contribution in [3.63, 3.8) is 0 Å². The van der Waals surface area contributed by atoms with Crippen LogP contribution in [0.4, 0.5) is 17.6 Å². The van der Waals surface area contributed by atoms with E-state index in [1.165, 1.54) is 0 Å². The number of nitrogens with one attached hydrogen (secondary N) is 2. The maximum Gasteiger partial charge on any atom is 0.223 e. The van der Waals surface area contributed by atoms with Crippen molar-refractivity contribution in [1.29, 1.82) is 0 Å². The highest BCUT2D eigenvalue weighted by molar-refractivity contribution is 5.52. The van der Waals surface area contributed by atoms with Gasteiger partial charge in [-0.1, -0.05) is 0 Å². The van der Waals surface area contributed by atoms with Gasteiger partial charge in [0.15, 0.2) is 0 Å². The van der Waals surface area contributed by atoms with Gasteiger partial charge in [0.25, 0.3) is 0 Å². The maximum atomic E-state index is 5.73. The highest BCUT2D eigenvalue weighted by atomic mass is 15.3. The van der Waals surface area contributed by atoms with Gasteiger partial charge in [-0.15, -0.1) is 0 Å². The molecule has 0 bridgehead atoms. The number of nitrogens with two attached hydrogens (primary N) is 1. The van der Waals surface area contributed by atoms with Crippen molar-refractivity contribution in [3.8, 4) is 0 Å². The Labute approximate surface area is 102 Å². The molecule has 6 nitrogen and oxygen atoms in total. The van der Waals surface area contributed by atoms with Gasteiger partial charge in [-0.05, 0) is 13.8 Å². The lowest BCUT2D eigenvalue weighted by atomic mass is 10.2. The first-order chi connectivity index (χ1) is 8.19. The summed E-state index contributed by atoms with van der Waals surface area (Å²) in [6.07, 6.45) is 0. The van der Waals surface area contributed by atoms with Crippen LogP contribution in [0.5, 0.6) is 0 Å². The van der Waals surface area contributed by atoms with Gasteiger partial charge in [0.2, 0.25) is 5.95 Å². The summed E-state index contributed by atoms with van der Waals surface area (Å²) in [4.78, 5) is 10.7. The summed E-state index contributed by atoms with van der Waals surface area (Å²) in [6, 6.07) is 2.43. The summed E-state index contributed by atoms with van der Waals surface area (Å²) in [5.74, 6) is 2.02. The van der Waals surface area contributed by atoms with E-state index in [1.807, 2.05) is 13.0 Å². The average Bonchev–Trinajstić information content (AvgIpc) is 2.28. The van der Waals surface area contributed by atoms with E-state index in [0.29, 0.717) is 12.0 Å². The fraction of sp³-hybridized carbons (Fsp3) is 0.636. The van der Waals surface area contributed by atoms with E-state index < -0.39 is 0 Å². The Balaban J connectivity index is 2.18. The number of rotatable bonds is 3. The van der Waals surface area contributed by atoms with Crippen LogP contribution >= 0.6 is 0 Å². The molecule has 4 N–H and O–H groups in total. The van der Waals surface area contributed by atoms with Crippen molar-refractivity contribution in [2.75, 3.05) is 42.1 Å². The van der Waals surface area contributed by atoms with Crippen LogP contribution < -0.4 is 21.3 Å². The zero-order chi connectivity index (χ0) is 12.3. The van der Waals surface area contributed by atoms with Crippen LogP contribution in [0.25, 0.3) is 0 Å². The second kappa shape index (κ2) is 5.18. The van der Waals surface area contributed by atoms with Crippen LogP contribution in [-0.2, 0) is 0 Å². The van der Waals surface area contributed by atoms with Crippen LogP contribution in [-0.4, -0.2) is 42.2 Å². The molecule has 0 amide bonds. The molecular weight excluding hydrogens is 216 g/mol. The second-order valence-corrected chi connectivity index (χ2v) is 4.30. The second-order valence-electron chi connectivity index (χ2n) is 4.30. The van der Waals surface area contributed by atoms with Crippen LogP contribution in [0.1, 0.15) is 13.8 Å². The molecule has 2 rings (SSSR count). The van der Waals surface area contributed by atoms with Crippen molar-refractivity contribution in [3.05, 3.63) is 6.07 Å². The number of nitrogen functional groups attached to an aromatic ring is 1. The Morgan fingerprint density at radius 3 is 3.12 bits per heavy atom. The average molecular weight is 236 g/mol. The van der Waals surface area contributed by atoms with E-state index in [4.69, 9.17) is 5.73 Å². The van der Waals surface area contributed by atoms with Gasteiger partial charge in [0, 0.05) is 38.3 Å². The zero-order valence-electron chi connectivity index (χ0n) is 10.4. The molecule has 0 saturated carbocycles. The molecule has 1 aliphatic heterocycles. The molecule has 1 aromatic heterocycles. The van der Waals surface area contributed by atoms with Gasteiger partial charge in [-0.25, -0.2) is 0 Å². The number of aromatic nitrogens is 2. The van der Waals surface area contributed by atoms with E-state index in [1.54, 1.807) is 0 Å². The van der Waals surface area contributed by atoms with Crippen LogP contribution in [0, 0.1) is 0 Å². The van der Waals surface area contributed by atoms with E-state index in [0.717, 1.165) is 37.8 Å². The first-order valence-electron chi connectivity index (χ1n) is 6.06. The Morgan fingerprint density at radius 1 is 1.59 bits per heavy atom. The predicted octanol–water partition coefficient (Wildman–Crippen LogP) is 0.289. The Morgan fingerprint density at radius 2 is 2.41 bits per heavy atom. The van der Waals surface area contributed by atoms with Crippen LogP contribution in [0.3, 0.4) is 0 Å². The number of anilines is 3. The van der Waals surface area contributed by atoms with Crippen LogP contribution in [0.2, 0.25) is 0 Å². The van der Waals surface area contributed by atoms with E-state index >= 15 is 0 Å². The summed E-state index contributed by atoms with van der Waals surface area (Å²) in [5, 5.41) is 6.57. The van der Waals surface area contributed by atoms with Gasteiger partial charge >= 0.3 is 0 Å². The van der Waals surface area contributed by atoms with E-state index in [-0.39, 0.29) is 0 Å². The first-order valence-corrected chi connectivity index (χ1v) is 6.06. The van der Waals surface area contributed by atoms with E-state index in [9.17, 15) is 0 Å². The van der Waals surface area contributed by atoms with Crippen molar-refractivity contribution in [2.45, 2.75) is 19.9 Å². The molecule has 94 valence electrons. The summed E-state index contributed by atoms with van der Waals surface area (Å²) >= 11 is 0. The molecule has 1 unspecified atom stereocenters. The van der Waals surface area contributed by atoms with Gasteiger partial charge in [0.1, 0.15) is 11.6 Å². The molecule has 1 aromatic rings. The van der Waals surface area contributed by atoms with Crippen molar-refractivity contribution >= 4 is 17.6 Å². The van der Waals surface area contributed by atoms with E-state index in [2.05, 4.69) is 32.4 Å². The van der Waals surface area contributed by atoms with Gasteiger partial charge in [-0.3, -0.25) is 0 Å². The largest absolute Gasteiger partial charge is 0.370 e. The maximum absolute atomic E-state index is 5.73. The van der Waals surface area contributed by atoms with Gasteiger partial charge < -0.3 is 21.3 Å². The molecule has 2 heterocycles. The Kier molecular flexibility index (Phi) is 3.63. The minimum atomic E-state index is 0.324. The SMILES string of the molecule is CCNc1cc(N2CCNC(C)C2)nc(N)n1. The molecule has 17 heavy (non-hydrogen) atoms. The van der Waals surface area contributed by atoms with Crippen LogP contribution in [0.15, 0.2) is 6.07 Å². The van der Waals surface area contributed by atoms with Crippen molar-refractivity contribution in [1.82, 2.24) is 15.3 Å². The molecule has 1 aliphatic rings. The quantitative estimate of drug-likeness (QED) is 0.700. The lowest BCUT2D eigenvalue weighted by molar-refractivity contribution is 0.482. The predicted molar refractivity (Wildman–Crippen MR) is 70.3 cm³/mol. The van der Waals surface area contributed by atoms with Crippen molar-refractivity contribution in [2.24, 2.45) is 0 Å². The first kappa shape index (κ1) is 11.9. The number of hydrogen-bond acceptors (Lipinski definition) is 6. The van der Waals surface area contributed by atoms with Gasteiger partial charge in [0.05, 0.1) is 0 Å². The molecule has 1 saturated heterocycles. The summed E-state index contributed by atoms with van der Waals surface area (Å²) in [7, 11) is 0. The summed E-state index contributed by atoms with van der Waals surface area (Å²) in [5.41, 5.74) is 5.73. The Hall–Kier alpha value is -1.56. The molecular formula is C11H20N6. The Bertz CT molecular complexity index is 380. The molecule has 0 aromatic carbocycles. The molecule has 6 heteroatoms. The molecule has 0 spiro atoms. The minimum Gasteiger partial charge on any atom is -0.370 e. The van der Waals surface area contributed by atoms with Crippen molar-refractivity contribution < 1.29 is 0 Å². The molecule has 1 fully saturated rings. The molecule has 1 atom stereocenters. The summed E-state index contributed by atoms with van der Waals surface area (Å²) in [6.45, 7) is 7.90. The lowest BCUT2D eigenvalue weighted by Gasteiger charge is -2.32. The standard InChI is InChI=1S/C11H20N6/c1-3-13-9-6-10(16-11(12)15-9)17-5-4-14-8(2)7-17/h6,8,14H,3-5,7H2,1-2H3,(H3,12,13,15,16). The van der Waals surface area contributed by atoms with Gasteiger partial charge in [-0.2, -0.15) is 9.97 Å². The smallest absolute Gasteiger partial charge is 0.223 e. The third-order valence-electron chi connectivity index (χ3n) is 2.78. The zero-order valence-corrected chi connectivity index (χ0v) is 10.4. The fourth-order valence-electron chi connectivity index (χ4n) is 2.03. The fourth-order valence-corrected chi connectivity index (χ4v) is 2.03. The highest BCUT2D eigenvalue weighted by Crippen LogP contribution is 2.18. The molecule has 0 radical (unpaired) electrons. The number of nitrogens with zero attached hydrogens (tertiary/aromatic N) is 3. The third kappa shape index (κ3) is 2.97. The number of hydrogen-bond donors (Lipinski definition) is 3. The highest BCUT2D eigenvalue weighted by Gasteiger charge is 2.17. The normalized spacial score (nSPS) is 20.4.